The van der Waals surface area contributed by atoms with Crippen LogP contribution in [0.5, 0.6) is 0 Å². The van der Waals surface area contributed by atoms with E-state index in [4.69, 9.17) is 5.11 Å². The summed E-state index contributed by atoms with van der Waals surface area (Å²) in [7, 11) is 0. The topological polar surface area (TPSA) is 97.9 Å². The molecule has 1 aliphatic rings. The summed E-state index contributed by atoms with van der Waals surface area (Å²) in [6.45, 7) is 3.26. The highest BCUT2D eigenvalue weighted by Gasteiger charge is 2.21. The lowest BCUT2D eigenvalue weighted by atomic mass is 10.1. The first kappa shape index (κ1) is 20.4. The molecule has 8 nitrogen and oxygen atoms in total. The van der Waals surface area contributed by atoms with Crippen LogP contribution in [-0.2, 0) is 25.9 Å². The number of aromatic nitrogens is 5. The van der Waals surface area contributed by atoms with Gasteiger partial charge < -0.3 is 15.0 Å². The van der Waals surface area contributed by atoms with Gasteiger partial charge in [0.15, 0.2) is 0 Å². The van der Waals surface area contributed by atoms with Gasteiger partial charge in [-0.25, -0.2) is 9.67 Å². The Morgan fingerprint density at radius 3 is 2.69 bits per heavy atom. The van der Waals surface area contributed by atoms with Crippen molar-refractivity contribution in [1.29, 1.82) is 0 Å². The lowest BCUT2D eigenvalue weighted by Crippen LogP contribution is -2.20. The van der Waals surface area contributed by atoms with Gasteiger partial charge in [-0.05, 0) is 43.4 Å². The van der Waals surface area contributed by atoms with Crippen LogP contribution in [0, 0.1) is 0 Å². The van der Waals surface area contributed by atoms with Crippen LogP contribution in [0.1, 0.15) is 24.5 Å². The molecule has 0 bridgehead atoms. The fourth-order valence-electron chi connectivity index (χ4n) is 4.53. The van der Waals surface area contributed by atoms with Crippen molar-refractivity contribution in [1.82, 2.24) is 24.5 Å². The molecule has 0 radical (unpaired) electrons. The third-order valence-electron chi connectivity index (χ3n) is 6.10. The van der Waals surface area contributed by atoms with Crippen LogP contribution in [0.4, 0.5) is 5.69 Å². The van der Waals surface area contributed by atoms with E-state index in [9.17, 15) is 4.79 Å². The van der Waals surface area contributed by atoms with Crippen LogP contribution in [0.15, 0.2) is 53.7 Å². The molecule has 1 aromatic carbocycles. The van der Waals surface area contributed by atoms with Gasteiger partial charge in [0.1, 0.15) is 5.65 Å². The van der Waals surface area contributed by atoms with Gasteiger partial charge in [-0.1, -0.05) is 29.5 Å². The molecule has 0 fully saturated rings. The molecule has 0 unspecified atom stereocenters. The second kappa shape index (κ2) is 8.55. The van der Waals surface area contributed by atoms with Gasteiger partial charge in [-0.2, -0.15) is 0 Å². The zero-order valence-corrected chi connectivity index (χ0v) is 18.0. The Morgan fingerprint density at radius 1 is 1.19 bits per heavy atom. The summed E-state index contributed by atoms with van der Waals surface area (Å²) in [5.74, 6) is 0. The summed E-state index contributed by atoms with van der Waals surface area (Å²) in [6, 6.07) is 10.7. The monoisotopic (exact) mass is 430 g/mol. The third kappa shape index (κ3) is 3.67. The van der Waals surface area contributed by atoms with Crippen LogP contribution in [-0.4, -0.2) is 42.3 Å². The van der Waals surface area contributed by atoms with Crippen molar-refractivity contribution in [3.05, 3.63) is 70.3 Å². The molecule has 0 spiro atoms. The molecule has 5 rings (SSSR count). The molecule has 0 saturated heterocycles. The van der Waals surface area contributed by atoms with E-state index in [1.807, 2.05) is 30.0 Å². The maximum Gasteiger partial charge on any atom is 0.200 e. The first-order valence-electron chi connectivity index (χ1n) is 11.0. The number of nitrogens with one attached hydrogen (secondary N) is 1. The molecular weight excluding hydrogens is 404 g/mol. The summed E-state index contributed by atoms with van der Waals surface area (Å²) in [4.78, 5) is 18.1. The van der Waals surface area contributed by atoms with Crippen molar-refractivity contribution in [2.75, 3.05) is 11.9 Å². The van der Waals surface area contributed by atoms with Gasteiger partial charge in [0, 0.05) is 31.9 Å². The molecule has 2 N–H and O–H groups in total. The zero-order valence-electron chi connectivity index (χ0n) is 18.0. The average Bonchev–Trinajstić information content (AvgIpc) is 3.44. The van der Waals surface area contributed by atoms with E-state index in [1.165, 1.54) is 11.1 Å². The minimum atomic E-state index is -0.0943. The Morgan fingerprint density at radius 2 is 1.97 bits per heavy atom. The van der Waals surface area contributed by atoms with Crippen LogP contribution < -0.4 is 10.7 Å². The second-order valence-corrected chi connectivity index (χ2v) is 8.19. The lowest BCUT2D eigenvalue weighted by molar-refractivity contribution is 0.276. The molecule has 32 heavy (non-hydrogen) atoms. The zero-order chi connectivity index (χ0) is 22.1. The van der Waals surface area contributed by atoms with E-state index in [1.54, 1.807) is 10.9 Å². The van der Waals surface area contributed by atoms with Gasteiger partial charge in [0.25, 0.3) is 0 Å². The summed E-state index contributed by atoms with van der Waals surface area (Å²) >= 11 is 0. The highest BCUT2D eigenvalue weighted by molar-refractivity contribution is 5.83. The highest BCUT2D eigenvalue weighted by Crippen LogP contribution is 2.26. The van der Waals surface area contributed by atoms with Crippen molar-refractivity contribution >= 4 is 16.7 Å². The average molecular weight is 431 g/mol. The number of aliphatic hydroxyl groups excluding tert-OH is 1. The summed E-state index contributed by atoms with van der Waals surface area (Å²) in [5.41, 5.74) is 5.35. The molecular formula is C24H26N6O2. The molecule has 3 heterocycles. The molecule has 0 saturated carbocycles. The van der Waals surface area contributed by atoms with Gasteiger partial charge in [0.05, 0.1) is 34.7 Å². The van der Waals surface area contributed by atoms with Crippen molar-refractivity contribution in [3.8, 4) is 11.3 Å². The molecule has 0 amide bonds. The number of nitrogens with zero attached hydrogens (tertiary/aromatic N) is 5. The van der Waals surface area contributed by atoms with E-state index in [0.717, 1.165) is 18.5 Å². The number of aliphatic hydroxyl groups is 1. The fourth-order valence-corrected chi connectivity index (χ4v) is 4.53. The number of aryl methyl sites for hydroxylation is 2. The first-order valence-corrected chi connectivity index (χ1v) is 11.0. The van der Waals surface area contributed by atoms with Crippen molar-refractivity contribution in [3.63, 3.8) is 0 Å². The van der Waals surface area contributed by atoms with Crippen molar-refractivity contribution in [2.24, 2.45) is 0 Å². The van der Waals surface area contributed by atoms with E-state index in [-0.39, 0.29) is 18.1 Å². The fraction of sp³-hybridized carbons (Fsp3) is 0.333. The Bertz CT molecular complexity index is 1300. The number of anilines is 1. The van der Waals surface area contributed by atoms with E-state index >= 15 is 0 Å². The summed E-state index contributed by atoms with van der Waals surface area (Å²) in [5, 5.41) is 21.4. The van der Waals surface area contributed by atoms with E-state index < -0.39 is 0 Å². The predicted octanol–water partition coefficient (Wildman–Crippen LogP) is 2.64. The van der Waals surface area contributed by atoms with Crippen LogP contribution in [0.2, 0.25) is 0 Å². The van der Waals surface area contributed by atoms with E-state index in [0.29, 0.717) is 41.8 Å². The predicted molar refractivity (Wildman–Crippen MR) is 124 cm³/mol. The number of hydrogen-bond donors (Lipinski definition) is 2. The Hall–Kier alpha value is -3.52. The molecule has 3 aromatic heterocycles. The minimum absolute atomic E-state index is 0.0558. The normalized spacial score (nSPS) is 13.6. The van der Waals surface area contributed by atoms with Gasteiger partial charge in [-0.15, -0.1) is 5.10 Å². The highest BCUT2D eigenvalue weighted by atomic mass is 16.3. The standard InChI is InChI=1S/C24H26N6O2/c1-2-29-15-21(22-14-26-28-30(22)8-5-9-31)23(32)20-12-19(13-25-24(20)29)27-18-10-16-6-3-4-7-17(16)11-18/h3-4,6-7,12-15,18,27,31H,2,5,8-11H2,1H3. The minimum Gasteiger partial charge on any atom is -0.396 e. The number of rotatable bonds is 7. The van der Waals surface area contributed by atoms with E-state index in [2.05, 4.69) is 44.9 Å². The third-order valence-corrected chi connectivity index (χ3v) is 6.10. The second-order valence-electron chi connectivity index (χ2n) is 8.19. The number of hydrogen-bond acceptors (Lipinski definition) is 6. The summed E-state index contributed by atoms with van der Waals surface area (Å²) in [6.07, 6.45) is 7.71. The SMILES string of the molecule is CCn1cc(-c2cnnn2CCCO)c(=O)c2cc(NC3Cc4ccccc4C3)cnc21. The van der Waals surface area contributed by atoms with Crippen LogP contribution >= 0.6 is 0 Å². The van der Waals surface area contributed by atoms with Crippen molar-refractivity contribution < 1.29 is 5.11 Å². The molecule has 164 valence electrons. The van der Waals surface area contributed by atoms with Crippen LogP contribution in [0.3, 0.4) is 0 Å². The maximum atomic E-state index is 13.5. The number of pyridine rings is 2. The van der Waals surface area contributed by atoms with Gasteiger partial charge in [-0.3, -0.25) is 4.79 Å². The molecule has 4 aromatic rings. The van der Waals surface area contributed by atoms with Crippen molar-refractivity contribution in [2.45, 2.75) is 45.3 Å². The molecule has 0 atom stereocenters. The first-order chi connectivity index (χ1) is 15.7. The Balaban J connectivity index is 1.52. The van der Waals surface area contributed by atoms with Gasteiger partial charge in [0.2, 0.25) is 5.43 Å². The largest absolute Gasteiger partial charge is 0.396 e. The molecule has 8 heteroatoms. The van der Waals surface area contributed by atoms with Crippen LogP contribution in [0.25, 0.3) is 22.3 Å². The molecule has 0 aliphatic heterocycles. The quantitative estimate of drug-likeness (QED) is 0.468. The Labute approximate surface area is 185 Å². The summed E-state index contributed by atoms with van der Waals surface area (Å²) < 4.78 is 3.65. The lowest BCUT2D eigenvalue weighted by Gasteiger charge is -2.16. The smallest absolute Gasteiger partial charge is 0.200 e. The number of benzene rings is 1. The van der Waals surface area contributed by atoms with Gasteiger partial charge >= 0.3 is 0 Å². The molecule has 1 aliphatic carbocycles. The Kier molecular flexibility index (Phi) is 5.45. The number of fused-ring (bicyclic) bond motifs is 2. The maximum absolute atomic E-state index is 13.5.